The summed E-state index contributed by atoms with van der Waals surface area (Å²) in [6.45, 7) is 0. The summed E-state index contributed by atoms with van der Waals surface area (Å²) in [6, 6.07) is 37.9. The smallest absolute Gasteiger partial charge is 0.122 e. The third-order valence-electron chi connectivity index (χ3n) is 5.04. The van der Waals surface area contributed by atoms with Crippen molar-refractivity contribution in [2.45, 2.75) is 6.16 Å². The maximum Gasteiger partial charge on any atom is 0.122 e. The number of phenols is 1. The Morgan fingerprint density at radius 3 is 1.45 bits per heavy atom. The fraction of sp³-hybridized carbons (Fsp3) is 0.0400. The molecule has 4 rings (SSSR count). The van der Waals surface area contributed by atoms with Gasteiger partial charge in [0.1, 0.15) is 35.1 Å². The van der Waals surface area contributed by atoms with E-state index >= 15 is 0 Å². The second-order valence-corrected chi connectivity index (χ2v) is 11.1. The third-order valence-corrected chi connectivity index (χ3v) is 9.89. The topological polar surface area (TPSA) is 20.2 Å². The number of hydrogen-bond acceptors (Lipinski definition) is 1. The summed E-state index contributed by atoms with van der Waals surface area (Å²) >= 11 is 3.57. The molecule has 146 valence electrons. The highest BCUT2D eigenvalue weighted by molar-refractivity contribution is 9.10. The summed E-state index contributed by atoms with van der Waals surface area (Å²) in [5.74, 6) is 0.343. The summed E-state index contributed by atoms with van der Waals surface area (Å²) in [5.41, 5.74) is 0.958. The molecule has 0 atom stereocenters. The molecule has 0 spiro atoms. The normalized spacial score (nSPS) is 10.9. The van der Waals surface area contributed by atoms with Crippen LogP contribution >= 0.6 is 40.2 Å². The molecule has 0 fully saturated rings. The van der Waals surface area contributed by atoms with Crippen molar-refractivity contribution < 1.29 is 5.11 Å². The monoisotopic (exact) mass is 527 g/mol. The van der Waals surface area contributed by atoms with Crippen molar-refractivity contribution in [3.8, 4) is 5.75 Å². The Labute approximate surface area is 191 Å². The first-order valence-corrected chi connectivity index (χ1v) is 12.0. The van der Waals surface area contributed by atoms with Crippen molar-refractivity contribution in [1.82, 2.24) is 0 Å². The van der Waals surface area contributed by atoms with Gasteiger partial charge in [0.25, 0.3) is 0 Å². The molecule has 0 heterocycles. The largest absolute Gasteiger partial charge is 0.508 e. The first-order valence-electron chi connectivity index (χ1n) is 9.22. The van der Waals surface area contributed by atoms with Crippen LogP contribution in [0.4, 0.5) is 0 Å². The van der Waals surface area contributed by atoms with Crippen LogP contribution in [0.1, 0.15) is 5.56 Å². The van der Waals surface area contributed by atoms with Gasteiger partial charge in [-0.2, -0.15) is 0 Å². The van der Waals surface area contributed by atoms with Crippen molar-refractivity contribution >= 4 is 56.1 Å². The molecule has 0 saturated carbocycles. The zero-order chi connectivity index (χ0) is 19.4. The predicted octanol–water partition coefficient (Wildman–Crippen LogP) is 6.23. The molecule has 0 aliphatic carbocycles. The van der Waals surface area contributed by atoms with E-state index < -0.39 is 7.26 Å². The van der Waals surface area contributed by atoms with E-state index in [1.54, 1.807) is 6.07 Å². The summed E-state index contributed by atoms with van der Waals surface area (Å²) in [5, 5.41) is 14.6. The van der Waals surface area contributed by atoms with Crippen LogP contribution in [0.25, 0.3) is 0 Å². The minimum absolute atomic E-state index is 0. The molecule has 0 aliphatic rings. The van der Waals surface area contributed by atoms with E-state index in [4.69, 9.17) is 0 Å². The molecule has 29 heavy (non-hydrogen) atoms. The van der Waals surface area contributed by atoms with Gasteiger partial charge >= 0.3 is 0 Å². The number of hydrogen-bond donors (Lipinski definition) is 1. The zero-order valence-corrected chi connectivity index (χ0v) is 20.0. The average molecular weight is 529 g/mol. The highest BCUT2D eigenvalue weighted by Crippen LogP contribution is 2.59. The molecule has 1 nitrogen and oxygen atoms in total. The fourth-order valence-corrected chi connectivity index (χ4v) is 8.36. The van der Waals surface area contributed by atoms with E-state index in [-0.39, 0.29) is 17.0 Å². The standard InChI is InChI=1S/C25H20BrOP.BrH/c26-21-16-17-25(27)20(18-21)19-28(22-10-4-1-5-11-22,23-12-6-2-7-13-23)24-14-8-3-9-15-24;/h1-18H,19H2;1H/p+1. The van der Waals surface area contributed by atoms with Crippen molar-refractivity contribution in [3.63, 3.8) is 0 Å². The van der Waals surface area contributed by atoms with E-state index in [0.29, 0.717) is 5.75 Å². The predicted molar refractivity (Wildman–Crippen MR) is 135 cm³/mol. The summed E-state index contributed by atoms with van der Waals surface area (Å²) < 4.78 is 0.979. The summed E-state index contributed by atoms with van der Waals surface area (Å²) in [6.07, 6.45) is 0.760. The molecular formula is C25H22Br2OP+. The van der Waals surface area contributed by atoms with Crippen molar-refractivity contribution in [1.29, 1.82) is 0 Å². The Bertz CT molecular complexity index is 957. The van der Waals surface area contributed by atoms with Crippen LogP contribution in [0.15, 0.2) is 114 Å². The number of rotatable bonds is 5. The molecule has 0 aromatic heterocycles. The van der Waals surface area contributed by atoms with E-state index in [2.05, 4.69) is 107 Å². The third kappa shape index (κ3) is 4.48. The number of halogens is 2. The van der Waals surface area contributed by atoms with Crippen LogP contribution in [0.2, 0.25) is 0 Å². The molecule has 0 amide bonds. The summed E-state index contributed by atoms with van der Waals surface area (Å²) in [4.78, 5) is 0. The molecule has 1 N–H and O–H groups in total. The number of benzene rings is 4. The second-order valence-electron chi connectivity index (χ2n) is 6.75. The molecule has 0 bridgehead atoms. The number of phenolic OH excluding ortho intramolecular Hbond substituents is 1. The lowest BCUT2D eigenvalue weighted by atomic mass is 10.2. The SMILES string of the molecule is Br.Oc1ccc(Br)cc1C[P+](c1ccccc1)(c1ccccc1)c1ccccc1. The van der Waals surface area contributed by atoms with Gasteiger partial charge in [-0.25, -0.2) is 0 Å². The van der Waals surface area contributed by atoms with Crippen molar-refractivity contribution in [2.24, 2.45) is 0 Å². The van der Waals surface area contributed by atoms with E-state index in [0.717, 1.165) is 16.2 Å². The van der Waals surface area contributed by atoms with Crippen LogP contribution in [-0.2, 0) is 6.16 Å². The molecule has 0 unspecified atom stereocenters. The van der Waals surface area contributed by atoms with Crippen LogP contribution in [-0.4, -0.2) is 5.11 Å². The quantitative estimate of drug-likeness (QED) is 0.304. The van der Waals surface area contributed by atoms with Gasteiger partial charge < -0.3 is 5.11 Å². The minimum Gasteiger partial charge on any atom is -0.508 e. The van der Waals surface area contributed by atoms with Gasteiger partial charge in [0, 0.05) is 10.0 Å². The Morgan fingerprint density at radius 1 is 0.621 bits per heavy atom. The lowest BCUT2D eigenvalue weighted by molar-refractivity contribution is 0.470. The van der Waals surface area contributed by atoms with E-state index in [1.807, 2.05) is 12.1 Å². The maximum atomic E-state index is 10.6. The highest BCUT2D eigenvalue weighted by atomic mass is 79.9. The lowest BCUT2D eigenvalue weighted by Crippen LogP contribution is -2.32. The molecule has 4 aromatic rings. The highest BCUT2D eigenvalue weighted by Gasteiger charge is 2.45. The Kier molecular flexibility index (Phi) is 7.29. The average Bonchev–Trinajstić information content (AvgIpc) is 2.76. The molecule has 0 aliphatic heterocycles. The molecule has 4 aromatic carbocycles. The lowest BCUT2D eigenvalue weighted by Gasteiger charge is -2.28. The van der Waals surface area contributed by atoms with Crippen LogP contribution in [0, 0.1) is 0 Å². The van der Waals surface area contributed by atoms with Gasteiger partial charge in [-0.15, -0.1) is 17.0 Å². The zero-order valence-electron chi connectivity index (χ0n) is 15.8. The van der Waals surface area contributed by atoms with Gasteiger partial charge in [0.05, 0.1) is 0 Å². The van der Waals surface area contributed by atoms with Crippen LogP contribution < -0.4 is 15.9 Å². The first kappa shape index (κ1) is 21.8. The molecular weight excluding hydrogens is 507 g/mol. The molecule has 0 saturated heterocycles. The molecule has 4 heteroatoms. The van der Waals surface area contributed by atoms with Gasteiger partial charge in [0.2, 0.25) is 0 Å². The van der Waals surface area contributed by atoms with Gasteiger partial charge in [-0.3, -0.25) is 0 Å². The Hall–Kier alpha value is -1.93. The summed E-state index contributed by atoms with van der Waals surface area (Å²) in [7, 11) is -2.00. The maximum absolute atomic E-state index is 10.6. The van der Waals surface area contributed by atoms with E-state index in [1.165, 1.54) is 15.9 Å². The van der Waals surface area contributed by atoms with Gasteiger partial charge in [0.15, 0.2) is 0 Å². The van der Waals surface area contributed by atoms with Crippen LogP contribution in [0.5, 0.6) is 5.75 Å². The van der Waals surface area contributed by atoms with E-state index in [9.17, 15) is 5.11 Å². The van der Waals surface area contributed by atoms with Crippen molar-refractivity contribution in [3.05, 3.63) is 119 Å². The van der Waals surface area contributed by atoms with Gasteiger partial charge in [-0.1, -0.05) is 70.5 Å². The number of aromatic hydroxyl groups is 1. The Morgan fingerprint density at radius 2 is 1.03 bits per heavy atom. The Balaban J connectivity index is 0.00000240. The van der Waals surface area contributed by atoms with Crippen molar-refractivity contribution in [2.75, 3.05) is 0 Å². The second kappa shape index (κ2) is 9.71. The minimum atomic E-state index is -2.00. The van der Waals surface area contributed by atoms with Crippen LogP contribution in [0.3, 0.4) is 0 Å². The fourth-order valence-electron chi connectivity index (χ4n) is 3.70. The molecule has 0 radical (unpaired) electrons. The van der Waals surface area contributed by atoms with Gasteiger partial charge in [-0.05, 0) is 54.6 Å². The first-order chi connectivity index (χ1) is 13.7.